The van der Waals surface area contributed by atoms with Crippen LogP contribution in [0.1, 0.15) is 48.9 Å². The molecule has 0 aliphatic carbocycles. The van der Waals surface area contributed by atoms with Gasteiger partial charge in [0.05, 0.1) is 6.61 Å². The number of methoxy groups -OCH3 is 1. The monoisotopic (exact) mass is 391 g/mol. The predicted octanol–water partition coefficient (Wildman–Crippen LogP) is 1.83. The molecule has 0 saturated carbocycles. The van der Waals surface area contributed by atoms with Crippen molar-refractivity contribution in [2.75, 3.05) is 46.4 Å². The molecule has 2 fully saturated rings. The number of aryl methyl sites for hydroxylation is 1. The SMILES string of the molecule is CCc1ccc(C(=O)N2CCC(C(=O)NCC3(COC)CCNCC3)CC2)o1. The molecule has 2 aliphatic heterocycles. The van der Waals surface area contributed by atoms with E-state index in [4.69, 9.17) is 9.15 Å². The van der Waals surface area contributed by atoms with Gasteiger partial charge in [-0.1, -0.05) is 6.92 Å². The van der Waals surface area contributed by atoms with Crippen molar-refractivity contribution in [3.05, 3.63) is 23.7 Å². The summed E-state index contributed by atoms with van der Waals surface area (Å²) in [5.41, 5.74) is 0.0304. The second kappa shape index (κ2) is 9.56. The van der Waals surface area contributed by atoms with Crippen LogP contribution >= 0.6 is 0 Å². The molecule has 28 heavy (non-hydrogen) atoms. The first-order chi connectivity index (χ1) is 13.6. The van der Waals surface area contributed by atoms with Crippen molar-refractivity contribution in [3.8, 4) is 0 Å². The van der Waals surface area contributed by atoms with E-state index in [1.165, 1.54) is 0 Å². The Labute approximate surface area is 167 Å². The van der Waals surface area contributed by atoms with Gasteiger partial charge in [0.2, 0.25) is 5.91 Å². The minimum absolute atomic E-state index is 0.0304. The van der Waals surface area contributed by atoms with E-state index in [2.05, 4.69) is 10.6 Å². The first-order valence-electron chi connectivity index (χ1n) is 10.4. The molecule has 0 aromatic carbocycles. The Morgan fingerprint density at radius 2 is 2.00 bits per heavy atom. The van der Waals surface area contributed by atoms with Gasteiger partial charge < -0.3 is 24.7 Å². The molecule has 0 unspecified atom stereocenters. The summed E-state index contributed by atoms with van der Waals surface area (Å²) in [7, 11) is 1.72. The summed E-state index contributed by atoms with van der Waals surface area (Å²) in [5.74, 6) is 1.21. The highest BCUT2D eigenvalue weighted by molar-refractivity contribution is 5.91. The lowest BCUT2D eigenvalue weighted by Crippen LogP contribution is -2.49. The molecule has 0 spiro atoms. The highest BCUT2D eigenvalue weighted by Crippen LogP contribution is 2.29. The standard InChI is InChI=1S/C21H33N3O4/c1-3-17-4-5-18(28-17)20(26)24-12-6-16(7-13-24)19(25)23-14-21(15-27-2)8-10-22-11-9-21/h4-5,16,22H,3,6-15H2,1-2H3,(H,23,25). The molecule has 2 N–H and O–H groups in total. The summed E-state index contributed by atoms with van der Waals surface area (Å²) in [5, 5.41) is 6.54. The molecule has 2 aliphatic rings. The zero-order valence-corrected chi connectivity index (χ0v) is 17.1. The van der Waals surface area contributed by atoms with Gasteiger partial charge in [0, 0.05) is 44.5 Å². The molecule has 1 aromatic rings. The van der Waals surface area contributed by atoms with Crippen molar-refractivity contribution in [1.82, 2.24) is 15.5 Å². The molecule has 0 radical (unpaired) electrons. The average molecular weight is 392 g/mol. The molecule has 156 valence electrons. The van der Waals surface area contributed by atoms with Gasteiger partial charge in [0.25, 0.3) is 5.91 Å². The predicted molar refractivity (Wildman–Crippen MR) is 106 cm³/mol. The Bertz CT molecular complexity index is 653. The van der Waals surface area contributed by atoms with E-state index in [1.807, 2.05) is 13.0 Å². The molecular weight excluding hydrogens is 358 g/mol. The van der Waals surface area contributed by atoms with E-state index in [0.717, 1.165) is 38.1 Å². The number of hydrogen-bond donors (Lipinski definition) is 2. The van der Waals surface area contributed by atoms with E-state index in [1.54, 1.807) is 18.1 Å². The Balaban J connectivity index is 1.47. The minimum Gasteiger partial charge on any atom is -0.456 e. The molecule has 7 heteroatoms. The van der Waals surface area contributed by atoms with Crippen LogP contribution in [0.2, 0.25) is 0 Å². The third kappa shape index (κ3) is 4.94. The van der Waals surface area contributed by atoms with E-state index < -0.39 is 0 Å². The summed E-state index contributed by atoms with van der Waals surface area (Å²) in [6, 6.07) is 3.60. The lowest BCUT2D eigenvalue weighted by Gasteiger charge is -2.38. The normalized spacial score (nSPS) is 20.1. The molecule has 3 heterocycles. The van der Waals surface area contributed by atoms with Gasteiger partial charge >= 0.3 is 0 Å². The summed E-state index contributed by atoms with van der Waals surface area (Å²) >= 11 is 0. The minimum atomic E-state index is -0.0766. The Morgan fingerprint density at radius 1 is 1.29 bits per heavy atom. The van der Waals surface area contributed by atoms with Gasteiger partial charge in [-0.15, -0.1) is 0 Å². The largest absolute Gasteiger partial charge is 0.456 e. The maximum Gasteiger partial charge on any atom is 0.289 e. The first-order valence-corrected chi connectivity index (χ1v) is 10.4. The Kier molecular flexibility index (Phi) is 7.13. The Morgan fingerprint density at radius 3 is 2.61 bits per heavy atom. The zero-order chi connectivity index (χ0) is 20.0. The lowest BCUT2D eigenvalue weighted by molar-refractivity contribution is -0.127. The van der Waals surface area contributed by atoms with Crippen molar-refractivity contribution in [2.45, 2.75) is 39.0 Å². The number of rotatable bonds is 7. The number of nitrogens with zero attached hydrogens (tertiary/aromatic N) is 1. The van der Waals surface area contributed by atoms with Crippen LogP contribution < -0.4 is 10.6 Å². The van der Waals surface area contributed by atoms with Crippen LogP contribution in [0.15, 0.2) is 16.5 Å². The topological polar surface area (TPSA) is 83.8 Å². The number of piperidine rings is 2. The van der Waals surface area contributed by atoms with Crippen molar-refractivity contribution < 1.29 is 18.7 Å². The van der Waals surface area contributed by atoms with E-state index in [9.17, 15) is 9.59 Å². The molecular formula is C21H33N3O4. The number of ether oxygens (including phenoxy) is 1. The fraction of sp³-hybridized carbons (Fsp3) is 0.714. The number of likely N-dealkylation sites (tertiary alicyclic amines) is 1. The average Bonchev–Trinajstić information content (AvgIpc) is 3.22. The highest BCUT2D eigenvalue weighted by Gasteiger charge is 2.34. The van der Waals surface area contributed by atoms with Gasteiger partial charge in [0.15, 0.2) is 5.76 Å². The van der Waals surface area contributed by atoms with E-state index in [-0.39, 0.29) is 23.1 Å². The summed E-state index contributed by atoms with van der Waals surface area (Å²) in [6.45, 7) is 6.44. The molecule has 3 rings (SSSR count). The fourth-order valence-electron chi connectivity index (χ4n) is 4.24. The first kappa shape index (κ1) is 20.9. The summed E-state index contributed by atoms with van der Waals surface area (Å²) in [6.07, 6.45) is 4.18. The van der Waals surface area contributed by atoms with Crippen molar-refractivity contribution in [1.29, 1.82) is 0 Å². The number of carbonyl (C=O) groups is 2. The third-order valence-electron chi connectivity index (χ3n) is 6.13. The van der Waals surface area contributed by atoms with E-state index >= 15 is 0 Å². The number of amides is 2. The van der Waals surface area contributed by atoms with Gasteiger partial charge in [-0.05, 0) is 50.9 Å². The van der Waals surface area contributed by atoms with Crippen LogP contribution in [0.4, 0.5) is 0 Å². The Hall–Kier alpha value is -1.86. The van der Waals surface area contributed by atoms with Crippen LogP contribution in [-0.4, -0.2) is 63.2 Å². The fourth-order valence-corrected chi connectivity index (χ4v) is 4.24. The third-order valence-corrected chi connectivity index (χ3v) is 6.13. The van der Waals surface area contributed by atoms with Gasteiger partial charge in [0.1, 0.15) is 5.76 Å². The van der Waals surface area contributed by atoms with Crippen LogP contribution in [0.25, 0.3) is 0 Å². The molecule has 0 atom stereocenters. The van der Waals surface area contributed by atoms with E-state index in [0.29, 0.717) is 44.8 Å². The van der Waals surface area contributed by atoms with Gasteiger partial charge in [-0.2, -0.15) is 0 Å². The smallest absolute Gasteiger partial charge is 0.289 e. The second-order valence-corrected chi connectivity index (χ2v) is 8.09. The molecule has 2 saturated heterocycles. The lowest BCUT2D eigenvalue weighted by atomic mass is 9.79. The maximum atomic E-state index is 12.7. The van der Waals surface area contributed by atoms with Crippen LogP contribution in [-0.2, 0) is 16.0 Å². The van der Waals surface area contributed by atoms with Crippen LogP contribution in [0, 0.1) is 11.3 Å². The van der Waals surface area contributed by atoms with Crippen molar-refractivity contribution in [2.24, 2.45) is 11.3 Å². The molecule has 1 aromatic heterocycles. The van der Waals surface area contributed by atoms with Crippen molar-refractivity contribution in [3.63, 3.8) is 0 Å². The summed E-state index contributed by atoms with van der Waals surface area (Å²) < 4.78 is 11.0. The second-order valence-electron chi connectivity index (χ2n) is 8.09. The van der Waals surface area contributed by atoms with Crippen molar-refractivity contribution >= 4 is 11.8 Å². The molecule has 7 nitrogen and oxygen atoms in total. The zero-order valence-electron chi connectivity index (χ0n) is 17.1. The maximum absolute atomic E-state index is 12.7. The van der Waals surface area contributed by atoms with Crippen LogP contribution in [0.3, 0.4) is 0 Å². The number of nitrogens with one attached hydrogen (secondary N) is 2. The number of carbonyl (C=O) groups excluding carboxylic acids is 2. The summed E-state index contributed by atoms with van der Waals surface area (Å²) in [4.78, 5) is 27.0. The highest BCUT2D eigenvalue weighted by atomic mass is 16.5. The van der Waals surface area contributed by atoms with Crippen LogP contribution in [0.5, 0.6) is 0 Å². The molecule has 0 bridgehead atoms. The number of furan rings is 1. The quantitative estimate of drug-likeness (QED) is 0.741. The molecule has 2 amide bonds. The van der Waals surface area contributed by atoms with Gasteiger partial charge in [-0.25, -0.2) is 0 Å². The number of hydrogen-bond acceptors (Lipinski definition) is 5. The van der Waals surface area contributed by atoms with Gasteiger partial charge in [-0.3, -0.25) is 9.59 Å².